The third-order valence-electron chi connectivity index (χ3n) is 8.02. The molecule has 2 aliphatic carbocycles. The average Bonchev–Trinajstić information content (AvgIpc) is 3.28. The normalized spacial score (nSPS) is 21.5. The van der Waals surface area contributed by atoms with E-state index in [-0.39, 0.29) is 0 Å². The fourth-order valence-corrected chi connectivity index (χ4v) is 16.3. The number of benzene rings is 4. The first-order valence-electron chi connectivity index (χ1n) is 11.5. The van der Waals surface area contributed by atoms with Gasteiger partial charge in [-0.2, -0.15) is 0 Å². The van der Waals surface area contributed by atoms with Gasteiger partial charge in [-0.15, -0.1) is 0 Å². The second-order valence-corrected chi connectivity index (χ2v) is 21.5. The van der Waals surface area contributed by atoms with Crippen molar-refractivity contribution in [2.45, 2.75) is 38.4 Å². The molecule has 0 heterocycles. The predicted molar refractivity (Wildman–Crippen MR) is 137 cm³/mol. The SMILES string of the molecule is CC1=Cc2ccc3ccccc3c2C1[Si](C)([Zr])C1C(C)=C(C)c2ccc3ccccc3c21. The van der Waals surface area contributed by atoms with E-state index in [0.29, 0.717) is 11.1 Å². The Hall–Kier alpha value is -2.02. The van der Waals surface area contributed by atoms with E-state index in [1.807, 2.05) is 0 Å². The molecule has 0 saturated heterocycles. The van der Waals surface area contributed by atoms with Gasteiger partial charge in [0.2, 0.25) is 0 Å². The Balaban J connectivity index is 1.61. The van der Waals surface area contributed by atoms with Crippen molar-refractivity contribution < 1.29 is 23.9 Å². The Morgan fingerprint density at radius 1 is 0.688 bits per heavy atom. The second kappa shape index (κ2) is 7.24. The van der Waals surface area contributed by atoms with Crippen LogP contribution in [0.4, 0.5) is 0 Å². The van der Waals surface area contributed by atoms with Crippen LogP contribution in [0.3, 0.4) is 0 Å². The molecule has 32 heavy (non-hydrogen) atoms. The minimum atomic E-state index is -1.78. The van der Waals surface area contributed by atoms with Crippen LogP contribution in [0.25, 0.3) is 33.2 Å². The second-order valence-electron chi connectivity index (χ2n) is 9.88. The Bertz CT molecular complexity index is 1490. The molecule has 0 spiro atoms. The topological polar surface area (TPSA) is 0 Å². The number of fused-ring (bicyclic) bond motifs is 6. The third-order valence-corrected chi connectivity index (χ3v) is 16.1. The molecule has 3 atom stereocenters. The van der Waals surface area contributed by atoms with Crippen LogP contribution in [0.2, 0.25) is 6.55 Å². The summed E-state index contributed by atoms with van der Waals surface area (Å²) in [6, 6.07) is 27.4. The fourth-order valence-electron chi connectivity index (χ4n) is 6.58. The van der Waals surface area contributed by atoms with E-state index >= 15 is 0 Å². The van der Waals surface area contributed by atoms with Crippen LogP contribution in [0.5, 0.6) is 0 Å². The van der Waals surface area contributed by atoms with E-state index in [1.165, 1.54) is 38.2 Å². The van der Waals surface area contributed by atoms with Gasteiger partial charge in [0.1, 0.15) is 0 Å². The summed E-state index contributed by atoms with van der Waals surface area (Å²) >= 11 is 1.74. The molecule has 0 aliphatic heterocycles. The summed E-state index contributed by atoms with van der Waals surface area (Å²) in [4.78, 5) is 0. The zero-order valence-electron chi connectivity index (χ0n) is 19.2. The molecule has 6 rings (SSSR count). The van der Waals surface area contributed by atoms with Crippen LogP contribution in [0.15, 0.2) is 83.9 Å². The van der Waals surface area contributed by atoms with Crippen molar-refractivity contribution in [1.29, 1.82) is 0 Å². The summed E-state index contributed by atoms with van der Waals surface area (Å²) in [5.74, 6) is 0. The number of hydrogen-bond donors (Lipinski definition) is 0. The molecule has 0 fully saturated rings. The van der Waals surface area contributed by atoms with E-state index in [0.717, 1.165) is 0 Å². The van der Waals surface area contributed by atoms with E-state index < -0.39 is 5.20 Å². The Labute approximate surface area is 205 Å². The van der Waals surface area contributed by atoms with Crippen LogP contribution in [0.1, 0.15) is 54.1 Å². The molecule has 0 amide bonds. The van der Waals surface area contributed by atoms with Gasteiger partial charge < -0.3 is 0 Å². The van der Waals surface area contributed by atoms with Gasteiger partial charge in [-0.3, -0.25) is 0 Å². The van der Waals surface area contributed by atoms with Gasteiger partial charge in [0.15, 0.2) is 0 Å². The molecule has 0 N–H and O–H groups in total. The van der Waals surface area contributed by atoms with E-state index in [4.69, 9.17) is 0 Å². The molecule has 2 heteroatoms. The maximum absolute atomic E-state index is 2.68. The molecule has 4 aromatic carbocycles. The Kier molecular flexibility index (Phi) is 4.66. The standard InChI is InChI=1S/C30H27Si.Zr/c1-18-17-23-14-13-21-9-5-7-11-25(21)27(23)29(18)31(4)30-20(3)19(2)24-16-15-22-10-6-8-12-26(22)28(24)30;/h5-17,29-30H,1-4H3;. The van der Waals surface area contributed by atoms with Crippen molar-refractivity contribution in [2.24, 2.45) is 0 Å². The summed E-state index contributed by atoms with van der Waals surface area (Å²) in [5.41, 5.74) is 12.0. The van der Waals surface area contributed by atoms with Gasteiger partial charge >= 0.3 is 207 Å². The van der Waals surface area contributed by atoms with Crippen molar-refractivity contribution in [2.75, 3.05) is 0 Å². The van der Waals surface area contributed by atoms with Crippen LogP contribution in [-0.2, 0) is 23.9 Å². The molecule has 0 saturated carbocycles. The van der Waals surface area contributed by atoms with Crippen molar-refractivity contribution in [1.82, 2.24) is 0 Å². The first kappa shape index (κ1) is 20.6. The Morgan fingerprint density at radius 3 is 1.97 bits per heavy atom. The average molecular weight is 507 g/mol. The van der Waals surface area contributed by atoms with Crippen molar-refractivity contribution in [3.05, 3.63) is 106 Å². The molecule has 2 aliphatic rings. The van der Waals surface area contributed by atoms with Gasteiger partial charge in [-0.25, -0.2) is 0 Å². The van der Waals surface area contributed by atoms with Gasteiger partial charge in [0.05, 0.1) is 0 Å². The molecule has 0 aromatic heterocycles. The first-order chi connectivity index (χ1) is 15.4. The Morgan fingerprint density at radius 2 is 1.28 bits per heavy atom. The maximum atomic E-state index is 2.68. The number of allylic oxidation sites excluding steroid dienone is 3. The fraction of sp³-hybridized carbons (Fsp3) is 0.200. The number of hydrogen-bond acceptors (Lipinski definition) is 0. The summed E-state index contributed by atoms with van der Waals surface area (Å²) in [7, 11) is 0. The molecule has 0 bridgehead atoms. The zero-order chi connectivity index (χ0) is 22.2. The molecule has 3 unspecified atom stereocenters. The molecule has 0 nitrogen and oxygen atoms in total. The zero-order valence-corrected chi connectivity index (χ0v) is 22.6. The monoisotopic (exact) mass is 505 g/mol. The van der Waals surface area contributed by atoms with Crippen molar-refractivity contribution >= 4 is 38.4 Å². The molecule has 155 valence electrons. The van der Waals surface area contributed by atoms with Gasteiger partial charge in [0, 0.05) is 0 Å². The molecular formula is C30H27SiZr. The first-order valence-corrected chi connectivity index (χ1v) is 17.9. The van der Waals surface area contributed by atoms with Gasteiger partial charge in [-0.05, 0) is 0 Å². The molecule has 0 radical (unpaired) electrons. The molecule has 4 aromatic rings. The minimum absolute atomic E-state index is 0.569. The van der Waals surface area contributed by atoms with Gasteiger partial charge in [-0.1, -0.05) is 0 Å². The van der Waals surface area contributed by atoms with E-state index in [1.54, 1.807) is 46.2 Å². The van der Waals surface area contributed by atoms with Crippen molar-refractivity contribution in [3.63, 3.8) is 0 Å². The predicted octanol–water partition coefficient (Wildman–Crippen LogP) is 8.28. The quantitative estimate of drug-likeness (QED) is 0.240. The van der Waals surface area contributed by atoms with Crippen LogP contribution >= 0.6 is 0 Å². The summed E-state index contributed by atoms with van der Waals surface area (Å²) < 4.78 is 0. The summed E-state index contributed by atoms with van der Waals surface area (Å²) in [6.45, 7) is 9.84. The van der Waals surface area contributed by atoms with Crippen molar-refractivity contribution in [3.8, 4) is 0 Å². The van der Waals surface area contributed by atoms with Crippen LogP contribution in [0, 0.1) is 0 Å². The third kappa shape index (κ3) is 2.76. The summed E-state index contributed by atoms with van der Waals surface area (Å²) in [6.07, 6.45) is 2.48. The van der Waals surface area contributed by atoms with E-state index in [2.05, 4.69) is 106 Å². The van der Waals surface area contributed by atoms with Crippen LogP contribution < -0.4 is 0 Å². The molecular weight excluding hydrogens is 480 g/mol. The van der Waals surface area contributed by atoms with Gasteiger partial charge in [0.25, 0.3) is 0 Å². The van der Waals surface area contributed by atoms with Crippen LogP contribution in [-0.4, -0.2) is 5.20 Å². The number of rotatable bonds is 2. The summed E-state index contributed by atoms with van der Waals surface area (Å²) in [5, 5.41) is 3.90. The van der Waals surface area contributed by atoms with E-state index in [9.17, 15) is 0 Å².